The van der Waals surface area contributed by atoms with Gasteiger partial charge < -0.3 is 14.1 Å². The number of nitrogens with zero attached hydrogens (tertiary/aromatic N) is 2. The quantitative estimate of drug-likeness (QED) is 0.141. The van der Waals surface area contributed by atoms with Crippen molar-refractivity contribution in [2.24, 2.45) is 7.05 Å². The van der Waals surface area contributed by atoms with E-state index in [0.717, 1.165) is 27.2 Å². The van der Waals surface area contributed by atoms with E-state index in [9.17, 15) is 4.57 Å². The maximum absolute atomic E-state index is 13.8. The first-order valence-corrected chi connectivity index (χ1v) is 14.9. The monoisotopic (exact) mass is 727 g/mol. The van der Waals surface area contributed by atoms with E-state index in [-0.39, 0.29) is 20.1 Å². The third kappa shape index (κ3) is 5.47. The number of hydrogen-bond donors (Lipinski definition) is 0. The molecule has 41 heavy (non-hydrogen) atoms. The SMILES string of the molecule is Cn1c2ccccc2c2cc[c-]c(-c3ccccn3)c21.O=P(c1[c-]cccc1)(c1ccccc1)c1ccccc1.[Ir]. The number of fused-ring (bicyclic) bond motifs is 3. The Bertz CT molecular complexity index is 1820. The molecule has 5 aromatic carbocycles. The van der Waals surface area contributed by atoms with Crippen molar-refractivity contribution in [2.45, 2.75) is 0 Å². The fourth-order valence-corrected chi connectivity index (χ4v) is 7.75. The maximum Gasteiger partial charge on any atom is 0.147 e. The van der Waals surface area contributed by atoms with Crippen molar-refractivity contribution < 1.29 is 24.7 Å². The second-order valence-corrected chi connectivity index (χ2v) is 12.2. The Morgan fingerprint density at radius 1 is 0.634 bits per heavy atom. The molecule has 203 valence electrons. The molecule has 3 nitrogen and oxygen atoms in total. The van der Waals surface area contributed by atoms with Crippen molar-refractivity contribution in [1.29, 1.82) is 0 Å². The predicted octanol–water partition coefficient (Wildman–Crippen LogP) is 7.32. The van der Waals surface area contributed by atoms with Crippen LogP contribution in [0.1, 0.15) is 0 Å². The summed E-state index contributed by atoms with van der Waals surface area (Å²) in [5, 5.41) is 4.96. The number of pyridine rings is 1. The van der Waals surface area contributed by atoms with Gasteiger partial charge in [-0.1, -0.05) is 102 Å². The van der Waals surface area contributed by atoms with Gasteiger partial charge in [0.05, 0.1) is 0 Å². The van der Waals surface area contributed by atoms with Crippen LogP contribution in [0.2, 0.25) is 0 Å². The molecule has 0 unspecified atom stereocenters. The number of rotatable bonds is 4. The number of hydrogen-bond acceptors (Lipinski definition) is 2. The van der Waals surface area contributed by atoms with Crippen molar-refractivity contribution in [3.05, 3.63) is 158 Å². The summed E-state index contributed by atoms with van der Waals surface area (Å²) in [5.41, 5.74) is 4.44. The number of benzene rings is 5. The molecule has 0 aliphatic rings. The van der Waals surface area contributed by atoms with Gasteiger partial charge in [-0.15, -0.1) is 23.8 Å². The Balaban J connectivity index is 0.000000161. The molecular weight excluding hydrogens is 700 g/mol. The molecule has 2 heterocycles. The standard InChI is InChI=1S/C18H13N2.C18H14OP.Ir/c1-20-17-11-3-2-7-13(17)14-8-6-9-15(18(14)20)16-10-4-5-12-19-16;19-20(16-10-4-1-5-11-16,17-12-6-2-7-13-17)18-14-8-3-9-15-18;/h2-8,10-12H,1H3;1-14H;/q2*-1;. The van der Waals surface area contributed by atoms with Crippen molar-refractivity contribution in [2.75, 3.05) is 0 Å². The predicted molar refractivity (Wildman–Crippen MR) is 167 cm³/mol. The van der Waals surface area contributed by atoms with Gasteiger partial charge in [-0.2, -0.15) is 30.3 Å². The van der Waals surface area contributed by atoms with Gasteiger partial charge in [0.2, 0.25) is 0 Å². The maximum atomic E-state index is 13.8. The minimum atomic E-state index is -2.83. The first kappa shape index (κ1) is 28.5. The van der Waals surface area contributed by atoms with E-state index >= 15 is 0 Å². The van der Waals surface area contributed by atoms with E-state index in [1.54, 1.807) is 0 Å². The van der Waals surface area contributed by atoms with Gasteiger partial charge in [0.1, 0.15) is 7.14 Å². The topological polar surface area (TPSA) is 34.9 Å². The zero-order chi connectivity index (χ0) is 27.4. The fraction of sp³-hybridized carbons (Fsp3) is 0.0278. The van der Waals surface area contributed by atoms with E-state index in [4.69, 9.17) is 0 Å². The van der Waals surface area contributed by atoms with Gasteiger partial charge in [0, 0.05) is 49.5 Å². The van der Waals surface area contributed by atoms with Crippen molar-refractivity contribution in [3.63, 3.8) is 0 Å². The minimum absolute atomic E-state index is 0. The molecular formula is C36H27IrN2OP-2. The molecule has 0 atom stereocenters. The average Bonchev–Trinajstić information content (AvgIpc) is 3.34. The molecule has 0 spiro atoms. The number of aromatic nitrogens is 2. The number of para-hydroxylation sites is 1. The number of aryl methyl sites for hydroxylation is 1. The van der Waals surface area contributed by atoms with Crippen LogP contribution < -0.4 is 15.9 Å². The van der Waals surface area contributed by atoms with Gasteiger partial charge in [-0.25, -0.2) is 0 Å². The van der Waals surface area contributed by atoms with Crippen LogP contribution in [0.25, 0.3) is 33.1 Å². The molecule has 0 aliphatic heterocycles. The molecule has 0 saturated carbocycles. The van der Waals surface area contributed by atoms with E-state index in [1.165, 1.54) is 21.8 Å². The molecule has 0 amide bonds. The molecule has 1 radical (unpaired) electrons. The summed E-state index contributed by atoms with van der Waals surface area (Å²) in [6.07, 6.45) is 1.82. The van der Waals surface area contributed by atoms with Gasteiger partial charge in [-0.05, 0) is 28.7 Å². The summed E-state index contributed by atoms with van der Waals surface area (Å²) < 4.78 is 16.0. The van der Waals surface area contributed by atoms with Crippen LogP contribution in [0, 0.1) is 12.1 Å². The Hall–Kier alpha value is -4.07. The van der Waals surface area contributed by atoms with Crippen molar-refractivity contribution in [1.82, 2.24) is 9.55 Å². The van der Waals surface area contributed by atoms with Crippen LogP contribution in [0.3, 0.4) is 0 Å². The smallest absolute Gasteiger partial charge is 0.147 e. The van der Waals surface area contributed by atoms with Gasteiger partial charge in [0.25, 0.3) is 0 Å². The van der Waals surface area contributed by atoms with Crippen LogP contribution in [0.15, 0.2) is 146 Å². The zero-order valence-electron chi connectivity index (χ0n) is 22.4. The van der Waals surface area contributed by atoms with Crippen LogP contribution in [0.4, 0.5) is 0 Å². The Kier molecular flexibility index (Phi) is 8.76. The van der Waals surface area contributed by atoms with Crippen molar-refractivity contribution >= 4 is 44.9 Å². The molecule has 0 aliphatic carbocycles. The molecule has 0 saturated heterocycles. The van der Waals surface area contributed by atoms with Gasteiger partial charge in [-0.3, -0.25) is 0 Å². The first-order valence-electron chi connectivity index (χ1n) is 13.2. The Labute approximate surface area is 254 Å². The molecule has 7 aromatic rings. The third-order valence-electron chi connectivity index (χ3n) is 7.05. The molecule has 0 N–H and O–H groups in total. The van der Waals surface area contributed by atoms with E-state index < -0.39 is 7.14 Å². The van der Waals surface area contributed by atoms with Gasteiger partial charge in [0.15, 0.2) is 0 Å². The fourth-order valence-electron chi connectivity index (χ4n) is 5.16. The molecule has 7 rings (SSSR count). The zero-order valence-corrected chi connectivity index (χ0v) is 25.7. The van der Waals surface area contributed by atoms with E-state index in [0.29, 0.717) is 0 Å². The van der Waals surface area contributed by atoms with E-state index in [2.05, 4.69) is 59.1 Å². The summed E-state index contributed by atoms with van der Waals surface area (Å²) in [7, 11) is -0.730. The van der Waals surface area contributed by atoms with Gasteiger partial charge >= 0.3 is 0 Å². The molecule has 2 aromatic heterocycles. The summed E-state index contributed by atoms with van der Waals surface area (Å²) in [6, 6.07) is 51.8. The molecule has 0 fully saturated rings. The Morgan fingerprint density at radius 2 is 1.27 bits per heavy atom. The summed E-state index contributed by atoms with van der Waals surface area (Å²) in [4.78, 5) is 4.47. The average molecular weight is 727 g/mol. The first-order chi connectivity index (χ1) is 19.7. The molecule has 0 bridgehead atoms. The Morgan fingerprint density at radius 3 is 1.90 bits per heavy atom. The summed E-state index contributed by atoms with van der Waals surface area (Å²) in [5.74, 6) is 0. The summed E-state index contributed by atoms with van der Waals surface area (Å²) in [6.45, 7) is 0. The minimum Gasteiger partial charge on any atom is -0.383 e. The van der Waals surface area contributed by atoms with E-state index in [1.807, 2.05) is 115 Å². The normalized spacial score (nSPS) is 11.0. The largest absolute Gasteiger partial charge is 0.383 e. The van der Waals surface area contributed by atoms with Crippen LogP contribution in [-0.4, -0.2) is 9.55 Å². The van der Waals surface area contributed by atoms with Crippen molar-refractivity contribution in [3.8, 4) is 11.3 Å². The second kappa shape index (κ2) is 12.6. The van der Waals surface area contributed by atoms with Crippen LogP contribution >= 0.6 is 7.14 Å². The third-order valence-corrected chi connectivity index (χ3v) is 10.1. The summed E-state index contributed by atoms with van der Waals surface area (Å²) >= 11 is 0. The second-order valence-electron chi connectivity index (χ2n) is 9.43. The van der Waals surface area contributed by atoms with Crippen LogP contribution in [0.5, 0.6) is 0 Å². The molecule has 5 heteroatoms. The van der Waals surface area contributed by atoms with Crippen LogP contribution in [-0.2, 0) is 31.7 Å².